The summed E-state index contributed by atoms with van der Waals surface area (Å²) in [6, 6.07) is 14.7. The lowest BCUT2D eigenvalue weighted by Gasteiger charge is -2.14. The summed E-state index contributed by atoms with van der Waals surface area (Å²) in [5.74, 6) is 1.47. The van der Waals surface area contributed by atoms with Crippen LogP contribution in [0, 0.1) is 0 Å². The minimum atomic E-state index is -0.349. The summed E-state index contributed by atoms with van der Waals surface area (Å²) < 4.78 is 11.4. The number of anilines is 1. The van der Waals surface area contributed by atoms with Crippen molar-refractivity contribution in [2.45, 2.75) is 26.9 Å². The molecule has 3 aromatic rings. The van der Waals surface area contributed by atoms with Gasteiger partial charge in [0.2, 0.25) is 5.95 Å². The van der Waals surface area contributed by atoms with Crippen molar-refractivity contribution in [3.8, 4) is 22.8 Å². The molecule has 2 N–H and O–H groups in total. The van der Waals surface area contributed by atoms with Gasteiger partial charge in [-0.05, 0) is 44.5 Å². The van der Waals surface area contributed by atoms with Crippen LogP contribution in [0.25, 0.3) is 11.3 Å². The van der Waals surface area contributed by atoms with E-state index in [0.717, 1.165) is 5.56 Å². The largest absolute Gasteiger partial charge is 0.490 e. The predicted octanol–water partition coefficient (Wildman–Crippen LogP) is 3.46. The molecule has 0 amide bonds. The fourth-order valence-electron chi connectivity index (χ4n) is 2.56. The third kappa shape index (κ3) is 5.41. The maximum atomic E-state index is 12.2. The number of nitrogens with one attached hydrogen (secondary N) is 2. The lowest BCUT2D eigenvalue weighted by molar-refractivity contribution is 0.224. The molecular weight excluding hydrogens is 370 g/mol. The molecule has 0 atom stereocenters. The number of hydrogen-bond acceptors (Lipinski definition) is 7. The van der Waals surface area contributed by atoms with E-state index in [4.69, 9.17) is 9.47 Å². The molecule has 1 aromatic heterocycles. The minimum absolute atomic E-state index is 0.0460. The van der Waals surface area contributed by atoms with Crippen LogP contribution in [0.15, 0.2) is 58.4 Å². The van der Waals surface area contributed by atoms with Crippen LogP contribution < -0.4 is 20.5 Å². The Bertz CT molecular complexity index is 1030. The van der Waals surface area contributed by atoms with Crippen LogP contribution in [0.5, 0.6) is 11.5 Å². The average molecular weight is 393 g/mol. The fraction of sp³-hybridized carbons (Fsp3) is 0.238. The van der Waals surface area contributed by atoms with Crippen molar-refractivity contribution in [2.75, 3.05) is 12.0 Å². The summed E-state index contributed by atoms with van der Waals surface area (Å²) in [7, 11) is 0. The van der Waals surface area contributed by atoms with Gasteiger partial charge in [-0.3, -0.25) is 9.78 Å². The highest BCUT2D eigenvalue weighted by Crippen LogP contribution is 2.29. The molecule has 0 unspecified atom stereocenters. The average Bonchev–Trinajstić information content (AvgIpc) is 2.70. The molecule has 8 nitrogen and oxygen atoms in total. The van der Waals surface area contributed by atoms with Gasteiger partial charge in [0.05, 0.1) is 18.9 Å². The molecule has 0 saturated carbocycles. The Hall–Kier alpha value is -3.68. The van der Waals surface area contributed by atoms with Gasteiger partial charge < -0.3 is 9.47 Å². The molecule has 1 heterocycles. The second-order valence-corrected chi connectivity index (χ2v) is 6.39. The molecular formula is C21H23N5O3. The van der Waals surface area contributed by atoms with Crippen molar-refractivity contribution in [1.82, 2.24) is 15.2 Å². The molecule has 3 rings (SSSR count). The van der Waals surface area contributed by atoms with Crippen molar-refractivity contribution < 1.29 is 9.47 Å². The van der Waals surface area contributed by atoms with E-state index in [2.05, 4.69) is 25.7 Å². The van der Waals surface area contributed by atoms with E-state index in [1.165, 1.54) is 0 Å². The molecule has 0 aliphatic rings. The van der Waals surface area contributed by atoms with Crippen molar-refractivity contribution in [1.29, 1.82) is 0 Å². The number of rotatable bonds is 8. The quantitative estimate of drug-likeness (QED) is 0.449. The van der Waals surface area contributed by atoms with E-state index in [1.807, 2.05) is 57.2 Å². The predicted molar refractivity (Wildman–Crippen MR) is 113 cm³/mol. The molecule has 0 bridgehead atoms. The molecule has 8 heteroatoms. The summed E-state index contributed by atoms with van der Waals surface area (Å²) in [4.78, 5) is 14.9. The van der Waals surface area contributed by atoms with Crippen molar-refractivity contribution in [3.63, 3.8) is 0 Å². The topological polar surface area (TPSA) is 101 Å². The summed E-state index contributed by atoms with van der Waals surface area (Å²) >= 11 is 0. The molecule has 150 valence electrons. The Labute approximate surface area is 168 Å². The van der Waals surface area contributed by atoms with Crippen LogP contribution in [0.2, 0.25) is 0 Å². The Kier molecular flexibility index (Phi) is 6.57. The smallest absolute Gasteiger partial charge is 0.279 e. The molecule has 0 aliphatic carbocycles. The molecule has 0 radical (unpaired) electrons. The third-order valence-corrected chi connectivity index (χ3v) is 3.76. The van der Waals surface area contributed by atoms with Gasteiger partial charge in [-0.25, -0.2) is 5.43 Å². The van der Waals surface area contributed by atoms with Gasteiger partial charge in [-0.15, -0.1) is 10.2 Å². The third-order valence-electron chi connectivity index (χ3n) is 3.76. The molecule has 29 heavy (non-hydrogen) atoms. The monoisotopic (exact) mass is 393 g/mol. The number of nitrogens with zero attached hydrogens (tertiary/aromatic N) is 3. The zero-order valence-corrected chi connectivity index (χ0v) is 16.5. The van der Waals surface area contributed by atoms with Gasteiger partial charge in [0.15, 0.2) is 17.2 Å². The van der Waals surface area contributed by atoms with Crippen LogP contribution in [0.4, 0.5) is 5.95 Å². The number of aromatic amines is 1. The Balaban J connectivity index is 1.72. The Morgan fingerprint density at radius 1 is 1.14 bits per heavy atom. The number of hydrazone groups is 1. The van der Waals surface area contributed by atoms with Crippen LogP contribution in [0.3, 0.4) is 0 Å². The van der Waals surface area contributed by atoms with E-state index in [1.54, 1.807) is 18.3 Å². The van der Waals surface area contributed by atoms with Crippen molar-refractivity contribution in [2.24, 2.45) is 5.10 Å². The van der Waals surface area contributed by atoms with Gasteiger partial charge in [-0.2, -0.15) is 5.10 Å². The molecule has 0 saturated heterocycles. The van der Waals surface area contributed by atoms with Crippen molar-refractivity contribution in [3.05, 3.63) is 64.4 Å². The first-order valence-electron chi connectivity index (χ1n) is 9.31. The maximum Gasteiger partial charge on any atom is 0.279 e. The molecule has 0 fully saturated rings. The van der Waals surface area contributed by atoms with Crippen LogP contribution in [0.1, 0.15) is 26.3 Å². The number of ether oxygens (including phenoxy) is 2. The molecule has 0 aliphatic heterocycles. The number of benzene rings is 2. The summed E-state index contributed by atoms with van der Waals surface area (Å²) in [6.07, 6.45) is 1.64. The second kappa shape index (κ2) is 9.50. The Morgan fingerprint density at radius 2 is 1.93 bits per heavy atom. The van der Waals surface area contributed by atoms with Gasteiger partial charge >= 0.3 is 0 Å². The van der Waals surface area contributed by atoms with Gasteiger partial charge in [-0.1, -0.05) is 30.3 Å². The number of aromatic nitrogens is 3. The lowest BCUT2D eigenvalue weighted by Crippen LogP contribution is -2.15. The van der Waals surface area contributed by atoms with Gasteiger partial charge in [0.1, 0.15) is 0 Å². The standard InChI is InChI=1S/C21H23N5O3/c1-4-28-18-12-15(10-11-17(18)29-14(2)3)13-22-25-21-23-20(27)19(24-26-21)16-8-6-5-7-9-16/h5-14H,4H2,1-3H3,(H2,23,25,26,27)/b22-13+. The SMILES string of the molecule is CCOc1cc(/C=N/Nc2nnc(-c3ccccc3)c(=O)[nH]2)ccc1OC(C)C. The van der Waals surface area contributed by atoms with E-state index in [0.29, 0.717) is 23.7 Å². The normalized spacial score (nSPS) is 11.0. The zero-order valence-electron chi connectivity index (χ0n) is 16.5. The first-order chi connectivity index (χ1) is 14.1. The maximum absolute atomic E-state index is 12.2. The molecule has 2 aromatic carbocycles. The van der Waals surface area contributed by atoms with E-state index < -0.39 is 0 Å². The van der Waals surface area contributed by atoms with Crippen LogP contribution in [-0.2, 0) is 0 Å². The van der Waals surface area contributed by atoms with Crippen LogP contribution >= 0.6 is 0 Å². The lowest BCUT2D eigenvalue weighted by atomic mass is 10.2. The summed E-state index contributed by atoms with van der Waals surface area (Å²) in [5.41, 5.74) is 4.08. The highest BCUT2D eigenvalue weighted by Gasteiger charge is 2.08. The highest BCUT2D eigenvalue weighted by atomic mass is 16.5. The number of hydrogen-bond donors (Lipinski definition) is 2. The van der Waals surface area contributed by atoms with Crippen molar-refractivity contribution >= 4 is 12.2 Å². The van der Waals surface area contributed by atoms with Crippen LogP contribution in [-0.4, -0.2) is 34.1 Å². The van der Waals surface area contributed by atoms with E-state index in [-0.39, 0.29) is 23.3 Å². The van der Waals surface area contributed by atoms with E-state index in [9.17, 15) is 4.79 Å². The number of H-pyrrole nitrogens is 1. The second-order valence-electron chi connectivity index (χ2n) is 6.39. The summed E-state index contributed by atoms with van der Waals surface area (Å²) in [5, 5.41) is 12.1. The van der Waals surface area contributed by atoms with Gasteiger partial charge in [0, 0.05) is 5.56 Å². The Morgan fingerprint density at radius 3 is 2.62 bits per heavy atom. The zero-order chi connectivity index (χ0) is 20.6. The van der Waals surface area contributed by atoms with E-state index >= 15 is 0 Å². The molecule has 0 spiro atoms. The first kappa shape index (κ1) is 20.1. The summed E-state index contributed by atoms with van der Waals surface area (Å²) in [6.45, 7) is 6.35. The fourth-order valence-corrected chi connectivity index (χ4v) is 2.56. The van der Waals surface area contributed by atoms with Gasteiger partial charge in [0.25, 0.3) is 5.56 Å². The highest BCUT2D eigenvalue weighted by molar-refractivity contribution is 5.81. The minimum Gasteiger partial charge on any atom is -0.490 e. The first-order valence-corrected chi connectivity index (χ1v) is 9.31.